The molecule has 0 saturated carbocycles. The molecule has 4 rings (SSSR count). The van der Waals surface area contributed by atoms with Crippen molar-refractivity contribution in [2.75, 3.05) is 33.4 Å². The monoisotopic (exact) mass is 498 g/mol. The molecule has 0 atom stereocenters. The molecule has 1 amide bonds. The van der Waals surface area contributed by atoms with Gasteiger partial charge in [-0.05, 0) is 46.9 Å². The molecule has 3 aromatic rings. The lowest BCUT2D eigenvalue weighted by molar-refractivity contribution is -0.129. The predicted molar refractivity (Wildman–Crippen MR) is 146 cm³/mol. The minimum Gasteiger partial charge on any atom is -0.489 e. The fourth-order valence-corrected chi connectivity index (χ4v) is 4.22. The first kappa shape index (κ1) is 26.1. The number of rotatable bonds is 10. The number of amides is 1. The Balaban J connectivity index is 1.59. The molecule has 2 heterocycles. The molecule has 0 unspecified atom stereocenters. The van der Waals surface area contributed by atoms with E-state index in [2.05, 4.69) is 48.4 Å². The molecule has 1 fully saturated rings. The highest BCUT2D eigenvalue weighted by atomic mass is 16.5. The van der Waals surface area contributed by atoms with Gasteiger partial charge in [0.1, 0.15) is 18.1 Å². The van der Waals surface area contributed by atoms with Crippen molar-refractivity contribution in [1.29, 1.82) is 5.41 Å². The van der Waals surface area contributed by atoms with Crippen LogP contribution in [0.15, 0.2) is 78.8 Å². The predicted octanol–water partition coefficient (Wildman–Crippen LogP) is 4.64. The number of carbonyl (C=O) groups excluding carboxylic acids is 1. The van der Waals surface area contributed by atoms with Crippen LogP contribution in [-0.4, -0.2) is 54.9 Å². The normalized spacial score (nSPS) is 14.9. The zero-order valence-corrected chi connectivity index (χ0v) is 21.7. The Kier molecular flexibility index (Phi) is 8.69. The molecule has 2 aromatic carbocycles. The SMILES string of the molecule is COCCN1CCN/C(=C(\C(=N)c2ccncc2)c2ccc(OCc3ccc(C(C)C)cc3)cc2)C1=O. The van der Waals surface area contributed by atoms with Crippen molar-refractivity contribution in [3.8, 4) is 5.75 Å². The molecule has 2 N–H and O–H groups in total. The quantitative estimate of drug-likeness (QED) is 0.314. The maximum atomic E-state index is 13.4. The standard InChI is InChI=1S/C30H34N4O3/c1-21(2)23-6-4-22(5-7-23)20-37-26-10-8-24(9-11-26)27(28(31)25-12-14-32-15-13-25)29-30(35)34(17-16-33-29)18-19-36-3/h4-15,21,31,33H,16-20H2,1-3H3/b29-27-,31-28?. The van der Waals surface area contributed by atoms with Crippen molar-refractivity contribution in [2.24, 2.45) is 0 Å². The second-order valence-corrected chi connectivity index (χ2v) is 9.28. The zero-order valence-electron chi connectivity index (χ0n) is 21.7. The Hall–Kier alpha value is -3.97. The van der Waals surface area contributed by atoms with E-state index in [0.717, 1.165) is 16.9 Å². The fourth-order valence-electron chi connectivity index (χ4n) is 4.22. The molecule has 7 nitrogen and oxygen atoms in total. The number of benzene rings is 2. The van der Waals surface area contributed by atoms with E-state index in [-0.39, 0.29) is 11.6 Å². The first-order chi connectivity index (χ1) is 18.0. The van der Waals surface area contributed by atoms with Crippen molar-refractivity contribution in [2.45, 2.75) is 26.4 Å². The maximum absolute atomic E-state index is 13.4. The van der Waals surface area contributed by atoms with Crippen molar-refractivity contribution in [3.05, 3.63) is 101 Å². The number of aromatic nitrogens is 1. The molecule has 0 radical (unpaired) electrons. The number of hydrogen-bond acceptors (Lipinski definition) is 6. The number of ether oxygens (including phenoxy) is 2. The first-order valence-corrected chi connectivity index (χ1v) is 12.6. The average Bonchev–Trinajstić information content (AvgIpc) is 2.93. The number of pyridine rings is 1. The number of allylic oxidation sites excluding steroid dienone is 1. The van der Waals surface area contributed by atoms with Crippen LogP contribution < -0.4 is 10.1 Å². The van der Waals surface area contributed by atoms with Crippen LogP contribution in [-0.2, 0) is 16.1 Å². The van der Waals surface area contributed by atoms with Gasteiger partial charge in [-0.1, -0.05) is 50.2 Å². The molecule has 0 aliphatic carbocycles. The smallest absolute Gasteiger partial charge is 0.270 e. The van der Waals surface area contributed by atoms with E-state index in [1.54, 1.807) is 36.5 Å². The van der Waals surface area contributed by atoms with E-state index in [0.29, 0.717) is 55.6 Å². The van der Waals surface area contributed by atoms with Crippen LogP contribution in [0.3, 0.4) is 0 Å². The highest BCUT2D eigenvalue weighted by molar-refractivity contribution is 6.34. The van der Waals surface area contributed by atoms with Crippen LogP contribution in [0.1, 0.15) is 42.0 Å². The molecular weight excluding hydrogens is 464 g/mol. The molecule has 1 aromatic heterocycles. The lowest BCUT2D eigenvalue weighted by Crippen LogP contribution is -2.48. The third kappa shape index (κ3) is 6.43. The molecule has 0 bridgehead atoms. The molecular formula is C30H34N4O3. The molecule has 1 aliphatic heterocycles. The summed E-state index contributed by atoms with van der Waals surface area (Å²) in [5, 5.41) is 12.3. The lowest BCUT2D eigenvalue weighted by atomic mass is 9.93. The number of methoxy groups -OCH3 is 1. The number of piperazine rings is 1. The molecule has 1 aliphatic rings. The van der Waals surface area contributed by atoms with Crippen LogP contribution in [0.4, 0.5) is 0 Å². The Labute approximate surface area is 218 Å². The van der Waals surface area contributed by atoms with Crippen molar-refractivity contribution in [1.82, 2.24) is 15.2 Å². The van der Waals surface area contributed by atoms with Crippen LogP contribution in [0.25, 0.3) is 5.57 Å². The molecule has 192 valence electrons. The summed E-state index contributed by atoms with van der Waals surface area (Å²) in [6, 6.07) is 19.6. The van der Waals surface area contributed by atoms with Gasteiger partial charge in [-0.25, -0.2) is 0 Å². The van der Waals surface area contributed by atoms with Gasteiger partial charge in [0.15, 0.2) is 0 Å². The number of carbonyl (C=O) groups is 1. The Bertz CT molecular complexity index is 1240. The molecule has 1 saturated heterocycles. The van der Waals surface area contributed by atoms with Gasteiger partial charge >= 0.3 is 0 Å². The van der Waals surface area contributed by atoms with E-state index >= 15 is 0 Å². The fraction of sp³-hybridized carbons (Fsp3) is 0.300. The Morgan fingerprint density at radius 3 is 2.38 bits per heavy atom. The second kappa shape index (κ2) is 12.3. The summed E-state index contributed by atoms with van der Waals surface area (Å²) in [5.41, 5.74) is 5.08. The Morgan fingerprint density at radius 1 is 1.03 bits per heavy atom. The topological polar surface area (TPSA) is 87.5 Å². The van der Waals surface area contributed by atoms with Crippen LogP contribution in [0.2, 0.25) is 0 Å². The Morgan fingerprint density at radius 2 is 1.73 bits per heavy atom. The minimum atomic E-state index is -0.137. The van der Waals surface area contributed by atoms with Gasteiger partial charge in [0, 0.05) is 50.3 Å². The summed E-state index contributed by atoms with van der Waals surface area (Å²) in [6.45, 7) is 6.98. The van der Waals surface area contributed by atoms with E-state index < -0.39 is 0 Å². The summed E-state index contributed by atoms with van der Waals surface area (Å²) in [5.74, 6) is 1.08. The van der Waals surface area contributed by atoms with Gasteiger partial charge < -0.3 is 19.7 Å². The van der Waals surface area contributed by atoms with E-state index in [4.69, 9.17) is 14.9 Å². The van der Waals surface area contributed by atoms with Crippen LogP contribution in [0.5, 0.6) is 5.75 Å². The van der Waals surface area contributed by atoms with Gasteiger partial charge in [0.2, 0.25) is 0 Å². The zero-order chi connectivity index (χ0) is 26.2. The van der Waals surface area contributed by atoms with Crippen LogP contribution in [0, 0.1) is 5.41 Å². The van der Waals surface area contributed by atoms with E-state index in [1.807, 2.05) is 24.3 Å². The van der Waals surface area contributed by atoms with Crippen LogP contribution >= 0.6 is 0 Å². The number of nitrogens with one attached hydrogen (secondary N) is 2. The number of hydrogen-bond donors (Lipinski definition) is 2. The largest absolute Gasteiger partial charge is 0.489 e. The summed E-state index contributed by atoms with van der Waals surface area (Å²) in [4.78, 5) is 19.2. The highest BCUT2D eigenvalue weighted by Crippen LogP contribution is 2.27. The van der Waals surface area contributed by atoms with Gasteiger partial charge in [-0.15, -0.1) is 0 Å². The summed E-state index contributed by atoms with van der Waals surface area (Å²) >= 11 is 0. The van der Waals surface area contributed by atoms with Crippen molar-refractivity contribution in [3.63, 3.8) is 0 Å². The average molecular weight is 499 g/mol. The first-order valence-electron chi connectivity index (χ1n) is 12.6. The van der Waals surface area contributed by atoms with Crippen molar-refractivity contribution >= 4 is 17.2 Å². The van der Waals surface area contributed by atoms with E-state index in [9.17, 15) is 4.79 Å². The molecule has 37 heavy (non-hydrogen) atoms. The van der Waals surface area contributed by atoms with Gasteiger partial charge in [0.05, 0.1) is 12.3 Å². The summed E-state index contributed by atoms with van der Waals surface area (Å²) < 4.78 is 11.2. The second-order valence-electron chi connectivity index (χ2n) is 9.28. The van der Waals surface area contributed by atoms with Gasteiger partial charge in [-0.2, -0.15) is 0 Å². The summed E-state index contributed by atoms with van der Waals surface area (Å²) in [6.07, 6.45) is 3.30. The molecule has 7 heteroatoms. The third-order valence-electron chi connectivity index (χ3n) is 6.41. The third-order valence-corrected chi connectivity index (χ3v) is 6.41. The summed E-state index contributed by atoms with van der Waals surface area (Å²) in [7, 11) is 1.62. The highest BCUT2D eigenvalue weighted by Gasteiger charge is 2.28. The minimum absolute atomic E-state index is 0.137. The molecule has 0 spiro atoms. The number of nitrogens with zero attached hydrogens (tertiary/aromatic N) is 2. The van der Waals surface area contributed by atoms with Gasteiger partial charge in [0.25, 0.3) is 5.91 Å². The maximum Gasteiger partial charge on any atom is 0.270 e. The van der Waals surface area contributed by atoms with Crippen molar-refractivity contribution < 1.29 is 14.3 Å². The lowest BCUT2D eigenvalue weighted by Gasteiger charge is -2.31. The van der Waals surface area contributed by atoms with Gasteiger partial charge in [-0.3, -0.25) is 15.2 Å². The van der Waals surface area contributed by atoms with E-state index in [1.165, 1.54) is 5.56 Å².